The minimum Gasteiger partial charge on any atom is -0.268 e. The summed E-state index contributed by atoms with van der Waals surface area (Å²) in [5.41, 5.74) is -1.75. The third kappa shape index (κ3) is 2.86. The maximum absolute atomic E-state index is 12.6. The van der Waals surface area contributed by atoms with Crippen LogP contribution >= 0.6 is 0 Å². The number of rotatable bonds is 3. The molecule has 0 aromatic carbocycles. The zero-order chi connectivity index (χ0) is 14.9. The van der Waals surface area contributed by atoms with Gasteiger partial charge in [-0.1, -0.05) is 0 Å². The highest BCUT2D eigenvalue weighted by Gasteiger charge is 2.33. The van der Waals surface area contributed by atoms with E-state index in [4.69, 9.17) is 0 Å². The van der Waals surface area contributed by atoms with E-state index in [1.165, 1.54) is 11.0 Å². The molecule has 9 heteroatoms. The van der Waals surface area contributed by atoms with E-state index in [2.05, 4.69) is 15.2 Å². The molecule has 108 valence electrons. The molecule has 0 aliphatic carbocycles. The molecule has 0 fully saturated rings. The van der Waals surface area contributed by atoms with Crippen LogP contribution in [-0.4, -0.2) is 24.5 Å². The van der Waals surface area contributed by atoms with Crippen LogP contribution in [0.2, 0.25) is 0 Å². The molecule has 0 atom stereocenters. The van der Waals surface area contributed by atoms with Gasteiger partial charge in [-0.15, -0.1) is 0 Å². The van der Waals surface area contributed by atoms with Gasteiger partial charge in [0.15, 0.2) is 5.69 Å². The van der Waals surface area contributed by atoms with Crippen LogP contribution in [-0.2, 0) is 12.7 Å². The van der Waals surface area contributed by atoms with E-state index < -0.39 is 17.4 Å². The first-order chi connectivity index (χ1) is 9.29. The lowest BCUT2D eigenvalue weighted by atomic mass is 10.4. The number of hydrogen-bond donors (Lipinski definition) is 0. The number of hydrogen-bond acceptors (Lipinski definition) is 4. The summed E-state index contributed by atoms with van der Waals surface area (Å²) in [6, 6.07) is 1.48. The summed E-state index contributed by atoms with van der Waals surface area (Å²) < 4.78 is 40.0. The topological polar surface area (TPSA) is 65.6 Å². The van der Waals surface area contributed by atoms with Crippen LogP contribution < -0.4 is 5.56 Å². The van der Waals surface area contributed by atoms with E-state index in [0.29, 0.717) is 11.9 Å². The summed E-state index contributed by atoms with van der Waals surface area (Å²) in [6.07, 6.45) is -3.31. The van der Waals surface area contributed by atoms with Crippen molar-refractivity contribution in [2.75, 3.05) is 0 Å². The van der Waals surface area contributed by atoms with Gasteiger partial charge >= 0.3 is 6.18 Å². The Hall–Kier alpha value is -2.19. The highest BCUT2D eigenvalue weighted by molar-refractivity contribution is 5.05. The van der Waals surface area contributed by atoms with Crippen LogP contribution in [0.5, 0.6) is 0 Å². The van der Waals surface area contributed by atoms with Gasteiger partial charge in [-0.2, -0.15) is 23.4 Å². The summed E-state index contributed by atoms with van der Waals surface area (Å²) in [5.74, 6) is 0.369. The maximum Gasteiger partial charge on any atom is 0.435 e. The third-order valence-corrected chi connectivity index (χ3v) is 2.58. The van der Waals surface area contributed by atoms with Crippen LogP contribution in [0.3, 0.4) is 0 Å². The maximum atomic E-state index is 12.6. The average Bonchev–Trinajstić information content (AvgIpc) is 2.78. The van der Waals surface area contributed by atoms with Gasteiger partial charge in [-0.05, 0) is 19.9 Å². The van der Waals surface area contributed by atoms with Gasteiger partial charge in [0.2, 0.25) is 0 Å². The Morgan fingerprint density at radius 2 is 2.00 bits per heavy atom. The number of nitrogens with zero attached hydrogens (tertiary/aromatic N) is 5. The lowest BCUT2D eigenvalue weighted by Crippen LogP contribution is -2.27. The molecule has 6 nitrogen and oxygen atoms in total. The van der Waals surface area contributed by atoms with Gasteiger partial charge in [0.1, 0.15) is 18.7 Å². The molecule has 0 bridgehead atoms. The van der Waals surface area contributed by atoms with Gasteiger partial charge in [-0.3, -0.25) is 4.79 Å². The molecular weight excluding hydrogens is 275 g/mol. The predicted octanol–water partition coefficient (Wildman–Crippen LogP) is 1.48. The smallest absolute Gasteiger partial charge is 0.268 e. The van der Waals surface area contributed by atoms with E-state index in [1.807, 2.05) is 13.8 Å². The van der Waals surface area contributed by atoms with Crippen molar-refractivity contribution in [3.05, 3.63) is 40.3 Å². The van der Waals surface area contributed by atoms with Crippen molar-refractivity contribution >= 4 is 0 Å². The van der Waals surface area contributed by atoms with Crippen molar-refractivity contribution in [3.63, 3.8) is 0 Å². The highest BCUT2D eigenvalue weighted by Crippen LogP contribution is 2.26. The standard InChI is InChI=1S/C11H12F3N5O/c1-7(2)19-9(15-6-16-19)5-18-10(20)4-3-8(17-18)11(12,13)14/h3-4,6-7H,5H2,1-2H3. The fourth-order valence-electron chi connectivity index (χ4n) is 1.67. The summed E-state index contributed by atoms with van der Waals surface area (Å²) in [4.78, 5) is 15.5. The summed E-state index contributed by atoms with van der Waals surface area (Å²) >= 11 is 0. The molecule has 0 amide bonds. The van der Waals surface area contributed by atoms with E-state index in [1.54, 1.807) is 0 Å². The molecule has 0 radical (unpaired) electrons. The van der Waals surface area contributed by atoms with Crippen LogP contribution in [0.1, 0.15) is 31.4 Å². The Bertz CT molecular complexity index is 659. The Morgan fingerprint density at radius 3 is 2.60 bits per heavy atom. The number of alkyl halides is 3. The first-order valence-electron chi connectivity index (χ1n) is 5.83. The van der Waals surface area contributed by atoms with Crippen LogP contribution in [0, 0.1) is 0 Å². The summed E-state index contributed by atoms with van der Waals surface area (Å²) in [7, 11) is 0. The van der Waals surface area contributed by atoms with Crippen molar-refractivity contribution in [2.24, 2.45) is 0 Å². The predicted molar refractivity (Wildman–Crippen MR) is 63.0 cm³/mol. The highest BCUT2D eigenvalue weighted by atomic mass is 19.4. The minimum absolute atomic E-state index is 0.0194. The first kappa shape index (κ1) is 14.2. The van der Waals surface area contributed by atoms with E-state index in [9.17, 15) is 18.0 Å². The van der Waals surface area contributed by atoms with Crippen LogP contribution in [0.4, 0.5) is 13.2 Å². The molecule has 0 aliphatic heterocycles. The van der Waals surface area contributed by atoms with Crippen molar-refractivity contribution in [1.82, 2.24) is 24.5 Å². The van der Waals surface area contributed by atoms with E-state index in [-0.39, 0.29) is 12.6 Å². The Balaban J connectivity index is 2.38. The largest absolute Gasteiger partial charge is 0.435 e. The molecule has 0 saturated heterocycles. The molecule has 2 rings (SSSR count). The van der Waals surface area contributed by atoms with Gasteiger partial charge < -0.3 is 0 Å². The van der Waals surface area contributed by atoms with Crippen molar-refractivity contribution in [2.45, 2.75) is 32.6 Å². The fourth-order valence-corrected chi connectivity index (χ4v) is 1.67. The quantitative estimate of drug-likeness (QED) is 0.857. The van der Waals surface area contributed by atoms with Gasteiger partial charge in [0.05, 0.1) is 0 Å². The van der Waals surface area contributed by atoms with Crippen molar-refractivity contribution < 1.29 is 13.2 Å². The Labute approximate surface area is 111 Å². The lowest BCUT2D eigenvalue weighted by Gasteiger charge is -2.11. The number of aromatic nitrogens is 5. The zero-order valence-electron chi connectivity index (χ0n) is 10.8. The Kier molecular flexibility index (Phi) is 3.60. The molecule has 2 aromatic rings. The van der Waals surface area contributed by atoms with Gasteiger partial charge in [0.25, 0.3) is 5.56 Å². The lowest BCUT2D eigenvalue weighted by molar-refractivity contribution is -0.142. The zero-order valence-corrected chi connectivity index (χ0v) is 10.8. The first-order valence-corrected chi connectivity index (χ1v) is 5.83. The molecular formula is C11H12F3N5O. The normalized spacial score (nSPS) is 12.1. The molecule has 0 saturated carbocycles. The molecule has 20 heavy (non-hydrogen) atoms. The van der Waals surface area contributed by atoms with Crippen LogP contribution in [0.15, 0.2) is 23.3 Å². The number of halogens is 3. The molecule has 0 spiro atoms. The third-order valence-electron chi connectivity index (χ3n) is 2.58. The monoisotopic (exact) mass is 287 g/mol. The molecule has 2 aromatic heterocycles. The second-order valence-electron chi connectivity index (χ2n) is 4.43. The van der Waals surface area contributed by atoms with Gasteiger partial charge in [-0.25, -0.2) is 14.3 Å². The SMILES string of the molecule is CC(C)n1ncnc1Cn1nc(C(F)(F)F)ccc1=O. The van der Waals surface area contributed by atoms with Crippen molar-refractivity contribution in [3.8, 4) is 0 Å². The second-order valence-corrected chi connectivity index (χ2v) is 4.43. The Morgan fingerprint density at radius 1 is 1.30 bits per heavy atom. The van der Waals surface area contributed by atoms with E-state index >= 15 is 0 Å². The summed E-state index contributed by atoms with van der Waals surface area (Å²) in [6.45, 7) is 3.53. The van der Waals surface area contributed by atoms with Crippen molar-refractivity contribution in [1.29, 1.82) is 0 Å². The van der Waals surface area contributed by atoms with E-state index in [0.717, 1.165) is 10.7 Å². The minimum atomic E-state index is -4.60. The molecule has 0 aliphatic rings. The average molecular weight is 287 g/mol. The second kappa shape index (κ2) is 5.06. The fraction of sp³-hybridized carbons (Fsp3) is 0.455. The van der Waals surface area contributed by atoms with Crippen LogP contribution in [0.25, 0.3) is 0 Å². The molecule has 0 N–H and O–H groups in total. The van der Waals surface area contributed by atoms with Gasteiger partial charge in [0, 0.05) is 12.1 Å². The summed E-state index contributed by atoms with van der Waals surface area (Å²) in [5, 5.41) is 7.27. The molecule has 2 heterocycles. The molecule has 0 unspecified atom stereocenters.